The molecule has 0 aromatic carbocycles. The van der Waals surface area contributed by atoms with Gasteiger partial charge in [-0.15, -0.1) is 0 Å². The van der Waals surface area contributed by atoms with Gasteiger partial charge in [0.25, 0.3) is 0 Å². The molecular formula is C13H19N3O2. The average Bonchev–Trinajstić information content (AvgIpc) is 2.90. The highest BCUT2D eigenvalue weighted by Gasteiger charge is 2.20. The molecule has 0 aliphatic carbocycles. The molecule has 0 spiro atoms. The van der Waals surface area contributed by atoms with Crippen LogP contribution in [-0.2, 0) is 4.79 Å². The minimum atomic E-state index is 0.0766. The molecule has 5 nitrogen and oxygen atoms in total. The number of hydrogen-bond donors (Lipinski definition) is 1. The molecule has 0 amide bonds. The zero-order valence-corrected chi connectivity index (χ0v) is 10.7. The number of rotatable bonds is 6. The van der Waals surface area contributed by atoms with Crippen LogP contribution in [0, 0.1) is 6.92 Å². The van der Waals surface area contributed by atoms with E-state index in [9.17, 15) is 4.79 Å². The number of nitrogens with one attached hydrogen (secondary N) is 1. The maximum absolute atomic E-state index is 11.8. The normalized spacial score (nSPS) is 18.8. The fourth-order valence-corrected chi connectivity index (χ4v) is 2.03. The second-order valence-electron chi connectivity index (χ2n) is 4.53. The molecule has 0 unspecified atom stereocenters. The van der Waals surface area contributed by atoms with Crippen molar-refractivity contribution in [1.82, 2.24) is 15.3 Å². The van der Waals surface area contributed by atoms with E-state index < -0.39 is 0 Å². The predicted molar refractivity (Wildman–Crippen MR) is 67.5 cm³/mol. The summed E-state index contributed by atoms with van der Waals surface area (Å²) in [6, 6.07) is 0.0766. The van der Waals surface area contributed by atoms with Crippen LogP contribution in [0.3, 0.4) is 0 Å². The average molecular weight is 249 g/mol. The van der Waals surface area contributed by atoms with Gasteiger partial charge in [0.15, 0.2) is 5.75 Å². The van der Waals surface area contributed by atoms with Crippen LogP contribution in [-0.4, -0.2) is 34.9 Å². The zero-order chi connectivity index (χ0) is 12.8. The Balaban J connectivity index is 1.63. The van der Waals surface area contributed by atoms with Crippen molar-refractivity contribution < 1.29 is 9.53 Å². The lowest BCUT2D eigenvalue weighted by Crippen LogP contribution is -2.30. The van der Waals surface area contributed by atoms with Crippen molar-refractivity contribution in [2.75, 3.05) is 13.2 Å². The molecule has 5 heteroatoms. The van der Waals surface area contributed by atoms with E-state index in [4.69, 9.17) is 4.74 Å². The molecule has 1 N–H and O–H groups in total. The van der Waals surface area contributed by atoms with Crippen molar-refractivity contribution in [2.45, 2.75) is 38.6 Å². The number of carbonyl (C=O) groups excluding carboxylic acids is 1. The van der Waals surface area contributed by atoms with Gasteiger partial charge in [0.2, 0.25) is 0 Å². The van der Waals surface area contributed by atoms with Gasteiger partial charge in [0.05, 0.1) is 25.0 Å². The van der Waals surface area contributed by atoms with Crippen LogP contribution < -0.4 is 10.1 Å². The van der Waals surface area contributed by atoms with E-state index in [1.807, 2.05) is 6.92 Å². The van der Waals surface area contributed by atoms with Crippen molar-refractivity contribution in [3.63, 3.8) is 0 Å². The summed E-state index contributed by atoms with van der Waals surface area (Å²) < 4.78 is 5.48. The van der Waals surface area contributed by atoms with E-state index in [2.05, 4.69) is 15.3 Å². The van der Waals surface area contributed by atoms with Gasteiger partial charge in [-0.2, -0.15) is 0 Å². The molecule has 0 saturated carbocycles. The van der Waals surface area contributed by atoms with Crippen LogP contribution in [0.25, 0.3) is 0 Å². The largest absolute Gasteiger partial charge is 0.490 e. The molecule has 2 rings (SSSR count). The van der Waals surface area contributed by atoms with Crippen LogP contribution in [0.5, 0.6) is 5.75 Å². The lowest BCUT2D eigenvalue weighted by molar-refractivity contribution is -0.120. The van der Waals surface area contributed by atoms with Gasteiger partial charge in [-0.3, -0.25) is 4.79 Å². The van der Waals surface area contributed by atoms with E-state index in [0.29, 0.717) is 24.6 Å². The van der Waals surface area contributed by atoms with Gasteiger partial charge in [0, 0.05) is 6.42 Å². The number of ether oxygens (including phenoxy) is 1. The van der Waals surface area contributed by atoms with Gasteiger partial charge < -0.3 is 10.1 Å². The van der Waals surface area contributed by atoms with E-state index in [0.717, 1.165) is 31.6 Å². The Morgan fingerprint density at radius 2 is 2.28 bits per heavy atom. The van der Waals surface area contributed by atoms with Gasteiger partial charge in [-0.1, -0.05) is 0 Å². The maximum atomic E-state index is 11.8. The van der Waals surface area contributed by atoms with Gasteiger partial charge in [0.1, 0.15) is 11.6 Å². The molecule has 0 radical (unpaired) electrons. The van der Waals surface area contributed by atoms with E-state index in [1.165, 1.54) is 0 Å². The monoisotopic (exact) mass is 249 g/mol. The Bertz CT molecular complexity index is 386. The molecule has 1 aromatic rings. The summed E-state index contributed by atoms with van der Waals surface area (Å²) in [6.45, 7) is 3.33. The van der Waals surface area contributed by atoms with Crippen LogP contribution in [0.4, 0.5) is 0 Å². The van der Waals surface area contributed by atoms with Crippen molar-refractivity contribution in [3.8, 4) is 5.75 Å². The fraction of sp³-hybridized carbons (Fsp3) is 0.615. The standard InChI is InChI=1S/C13H19N3O2/c1-10-15-8-11(9-16-10)18-7-3-5-13(17)12-4-2-6-14-12/h8-9,12,14H,2-7H2,1H3/t12-/m0/s1. The Morgan fingerprint density at radius 1 is 1.50 bits per heavy atom. The maximum Gasteiger partial charge on any atom is 0.155 e. The number of aromatic nitrogens is 2. The Labute approximate surface area is 107 Å². The number of aryl methyl sites for hydroxylation is 1. The number of Topliss-reactive ketones (excluding diaryl/α,β-unsaturated/α-hetero) is 1. The third-order valence-electron chi connectivity index (χ3n) is 3.04. The SMILES string of the molecule is Cc1ncc(OCCCC(=O)[C@@H]2CCCN2)cn1. The highest BCUT2D eigenvalue weighted by Crippen LogP contribution is 2.10. The van der Waals surface area contributed by atoms with Crippen LogP contribution in [0.1, 0.15) is 31.5 Å². The quantitative estimate of drug-likeness (QED) is 0.769. The summed E-state index contributed by atoms with van der Waals surface area (Å²) >= 11 is 0. The Hall–Kier alpha value is -1.49. The fourth-order valence-electron chi connectivity index (χ4n) is 2.03. The number of ketones is 1. The topological polar surface area (TPSA) is 64.1 Å². The predicted octanol–water partition coefficient (Wildman–Crippen LogP) is 1.27. The second-order valence-corrected chi connectivity index (χ2v) is 4.53. The van der Waals surface area contributed by atoms with E-state index in [1.54, 1.807) is 12.4 Å². The summed E-state index contributed by atoms with van der Waals surface area (Å²) in [6.07, 6.45) is 6.71. The second kappa shape index (κ2) is 6.44. The summed E-state index contributed by atoms with van der Waals surface area (Å²) in [4.78, 5) is 19.8. The molecule has 1 aromatic heterocycles. The van der Waals surface area contributed by atoms with Crippen LogP contribution in [0.2, 0.25) is 0 Å². The van der Waals surface area contributed by atoms with E-state index in [-0.39, 0.29) is 6.04 Å². The summed E-state index contributed by atoms with van der Waals surface area (Å²) in [5.41, 5.74) is 0. The van der Waals surface area contributed by atoms with Crippen LogP contribution in [0.15, 0.2) is 12.4 Å². The van der Waals surface area contributed by atoms with Gasteiger partial charge in [-0.05, 0) is 32.7 Å². The van der Waals surface area contributed by atoms with Crippen molar-refractivity contribution in [1.29, 1.82) is 0 Å². The summed E-state index contributed by atoms with van der Waals surface area (Å²) in [7, 11) is 0. The minimum Gasteiger partial charge on any atom is -0.490 e. The smallest absolute Gasteiger partial charge is 0.155 e. The lowest BCUT2D eigenvalue weighted by atomic mass is 10.1. The highest BCUT2D eigenvalue weighted by molar-refractivity contribution is 5.84. The molecule has 98 valence electrons. The Morgan fingerprint density at radius 3 is 2.94 bits per heavy atom. The molecule has 1 atom stereocenters. The van der Waals surface area contributed by atoms with Crippen molar-refractivity contribution in [2.24, 2.45) is 0 Å². The van der Waals surface area contributed by atoms with Gasteiger partial charge >= 0.3 is 0 Å². The zero-order valence-electron chi connectivity index (χ0n) is 10.7. The minimum absolute atomic E-state index is 0.0766. The first kappa shape index (κ1) is 13.0. The third-order valence-corrected chi connectivity index (χ3v) is 3.04. The van der Waals surface area contributed by atoms with Gasteiger partial charge in [-0.25, -0.2) is 9.97 Å². The molecule has 18 heavy (non-hydrogen) atoms. The molecule has 0 bridgehead atoms. The Kier molecular flexibility index (Phi) is 4.64. The number of nitrogens with zero attached hydrogens (tertiary/aromatic N) is 2. The molecule has 1 aliphatic rings. The molecular weight excluding hydrogens is 230 g/mol. The third kappa shape index (κ3) is 3.77. The first-order chi connectivity index (χ1) is 8.75. The van der Waals surface area contributed by atoms with Crippen LogP contribution >= 0.6 is 0 Å². The molecule has 1 aliphatic heterocycles. The molecule has 1 saturated heterocycles. The first-order valence-electron chi connectivity index (χ1n) is 6.43. The molecule has 1 fully saturated rings. The van der Waals surface area contributed by atoms with Crippen molar-refractivity contribution in [3.05, 3.63) is 18.2 Å². The van der Waals surface area contributed by atoms with E-state index >= 15 is 0 Å². The first-order valence-corrected chi connectivity index (χ1v) is 6.43. The summed E-state index contributed by atoms with van der Waals surface area (Å²) in [5, 5.41) is 3.21. The molecule has 2 heterocycles. The summed E-state index contributed by atoms with van der Waals surface area (Å²) in [5.74, 6) is 1.69. The lowest BCUT2D eigenvalue weighted by Gasteiger charge is -2.09. The number of hydrogen-bond acceptors (Lipinski definition) is 5. The number of carbonyl (C=O) groups is 1. The van der Waals surface area contributed by atoms with Crippen molar-refractivity contribution >= 4 is 5.78 Å². The highest BCUT2D eigenvalue weighted by atomic mass is 16.5.